The summed E-state index contributed by atoms with van der Waals surface area (Å²) in [5, 5.41) is 0. The lowest BCUT2D eigenvalue weighted by molar-refractivity contribution is -0.251. The molecule has 2 fully saturated rings. The minimum absolute atomic E-state index is 0.0131. The third-order valence-corrected chi connectivity index (χ3v) is 7.31. The van der Waals surface area contributed by atoms with Crippen molar-refractivity contribution in [1.29, 1.82) is 0 Å². The average Bonchev–Trinajstić information content (AvgIpc) is 3.48. The molecule has 0 aromatic heterocycles. The van der Waals surface area contributed by atoms with Crippen molar-refractivity contribution in [1.82, 2.24) is 0 Å². The van der Waals surface area contributed by atoms with Gasteiger partial charge in [-0.1, -0.05) is 60.7 Å². The van der Waals surface area contributed by atoms with Crippen LogP contribution in [0, 0.1) is 0 Å². The highest BCUT2D eigenvalue weighted by Gasteiger charge is 2.60. The summed E-state index contributed by atoms with van der Waals surface area (Å²) in [4.78, 5) is 49.7. The molecule has 256 valence electrons. The lowest BCUT2D eigenvalue weighted by Crippen LogP contribution is -2.58. The molecule has 0 radical (unpaired) electrons. The van der Waals surface area contributed by atoms with Gasteiger partial charge in [-0.3, -0.25) is 19.2 Å². The van der Waals surface area contributed by atoms with Crippen molar-refractivity contribution in [3.05, 3.63) is 71.8 Å². The molecular formula is C34H42O13. The maximum Gasteiger partial charge on any atom is 0.303 e. The van der Waals surface area contributed by atoms with E-state index in [1.807, 2.05) is 60.7 Å². The van der Waals surface area contributed by atoms with Gasteiger partial charge in [0.25, 0.3) is 0 Å². The normalized spacial score (nSPS) is 23.9. The molecule has 0 spiro atoms. The smallest absolute Gasteiger partial charge is 0.303 e. The first kappa shape index (κ1) is 36.0. The monoisotopic (exact) mass is 658 g/mol. The number of benzene rings is 2. The Balaban J connectivity index is 1.74. The minimum Gasteiger partial charge on any atom is -0.463 e. The van der Waals surface area contributed by atoms with Crippen LogP contribution in [0.4, 0.5) is 0 Å². The molecule has 2 aromatic rings. The Morgan fingerprint density at radius 1 is 0.723 bits per heavy atom. The first-order valence-corrected chi connectivity index (χ1v) is 15.3. The maximum atomic E-state index is 12.6. The Hall–Kier alpha value is -3.88. The summed E-state index contributed by atoms with van der Waals surface area (Å²) in [6.07, 6.45) is -9.40. The summed E-state index contributed by atoms with van der Waals surface area (Å²) in [6, 6.07) is 18.5. The molecule has 0 saturated carbocycles. The van der Waals surface area contributed by atoms with Crippen LogP contribution in [0.25, 0.3) is 0 Å². The number of esters is 4. The second kappa shape index (κ2) is 16.3. The van der Waals surface area contributed by atoms with Crippen LogP contribution in [-0.2, 0) is 75.0 Å². The fourth-order valence-corrected chi connectivity index (χ4v) is 5.51. The molecule has 2 aliphatic heterocycles. The third-order valence-electron chi connectivity index (χ3n) is 7.31. The van der Waals surface area contributed by atoms with Gasteiger partial charge in [-0.25, -0.2) is 0 Å². The molecule has 4 rings (SSSR count). The van der Waals surface area contributed by atoms with Gasteiger partial charge in [0.2, 0.25) is 0 Å². The average molecular weight is 659 g/mol. The first-order valence-electron chi connectivity index (χ1n) is 15.3. The van der Waals surface area contributed by atoms with Gasteiger partial charge in [0, 0.05) is 27.7 Å². The SMILES string of the molecule is CC(=O)OC[C@@H](OCc1ccccc1)[C@H](OC(C)=O)[C@H](OC(C)=O)[C@@H](OC(C)=O)[C@H]1O[C@@H]2OC(C)(C)O[C@@H]2[C@H]1OCc1ccccc1. The van der Waals surface area contributed by atoms with Crippen LogP contribution in [-0.4, -0.2) is 85.3 Å². The van der Waals surface area contributed by atoms with E-state index in [1.165, 1.54) is 13.8 Å². The summed E-state index contributed by atoms with van der Waals surface area (Å²) >= 11 is 0. The largest absolute Gasteiger partial charge is 0.463 e. The third kappa shape index (κ3) is 10.3. The number of hydrogen-bond donors (Lipinski definition) is 0. The highest BCUT2D eigenvalue weighted by atomic mass is 16.8. The highest BCUT2D eigenvalue weighted by Crippen LogP contribution is 2.42. The van der Waals surface area contributed by atoms with Gasteiger partial charge in [0.1, 0.15) is 31.0 Å². The Labute approximate surface area is 273 Å². The topological polar surface area (TPSA) is 151 Å². The van der Waals surface area contributed by atoms with Crippen molar-refractivity contribution in [3.8, 4) is 0 Å². The fraction of sp³-hybridized carbons (Fsp3) is 0.529. The number of rotatable bonds is 15. The van der Waals surface area contributed by atoms with Crippen LogP contribution in [0.3, 0.4) is 0 Å². The molecule has 2 aliphatic rings. The van der Waals surface area contributed by atoms with Gasteiger partial charge in [0.05, 0.1) is 13.2 Å². The molecule has 13 heteroatoms. The molecule has 13 nitrogen and oxygen atoms in total. The molecule has 0 aliphatic carbocycles. The van der Waals surface area contributed by atoms with Crippen LogP contribution < -0.4 is 0 Å². The zero-order chi connectivity index (χ0) is 34.1. The highest BCUT2D eigenvalue weighted by molar-refractivity contribution is 5.68. The summed E-state index contributed by atoms with van der Waals surface area (Å²) in [5.41, 5.74) is 1.61. The predicted molar refractivity (Wildman–Crippen MR) is 162 cm³/mol. The minimum atomic E-state index is -1.53. The van der Waals surface area contributed by atoms with E-state index < -0.39 is 85.3 Å². The summed E-state index contributed by atoms with van der Waals surface area (Å²) in [5.74, 6) is -3.94. The van der Waals surface area contributed by atoms with Gasteiger partial charge >= 0.3 is 23.9 Å². The molecule has 0 unspecified atom stereocenters. The molecule has 0 N–H and O–H groups in total. The Kier molecular flexibility index (Phi) is 12.5. The van der Waals surface area contributed by atoms with Gasteiger partial charge in [-0.2, -0.15) is 0 Å². The van der Waals surface area contributed by atoms with Crippen LogP contribution in [0.2, 0.25) is 0 Å². The van der Waals surface area contributed by atoms with Crippen molar-refractivity contribution in [3.63, 3.8) is 0 Å². The lowest BCUT2D eigenvalue weighted by atomic mass is 9.94. The summed E-state index contributed by atoms with van der Waals surface area (Å²) in [7, 11) is 0. The number of fused-ring (bicyclic) bond motifs is 1. The maximum absolute atomic E-state index is 12.6. The van der Waals surface area contributed by atoms with Crippen LogP contribution in [0.1, 0.15) is 52.7 Å². The van der Waals surface area contributed by atoms with E-state index in [0.29, 0.717) is 0 Å². The fourth-order valence-electron chi connectivity index (χ4n) is 5.51. The Bertz CT molecular complexity index is 1350. The zero-order valence-corrected chi connectivity index (χ0v) is 27.3. The van der Waals surface area contributed by atoms with E-state index in [0.717, 1.165) is 25.0 Å². The standard InChI is InChI=1S/C34H42O13/c1-20(35)39-19-26(40-17-24-13-9-7-10-14-24)27(42-21(2)36)29(43-22(3)37)31(44-23(4)38)30-28(41-18-25-15-11-8-12-16-25)32-33(45-30)47-34(5,6)46-32/h7-16,26-33H,17-19H2,1-6H3/t26-,27+,28+,29+,30+,31-,32-,33-/m1/s1. The lowest BCUT2D eigenvalue weighted by Gasteiger charge is -2.39. The number of ether oxygens (including phenoxy) is 9. The zero-order valence-electron chi connectivity index (χ0n) is 27.3. The van der Waals surface area contributed by atoms with Crippen molar-refractivity contribution >= 4 is 23.9 Å². The van der Waals surface area contributed by atoms with Gasteiger partial charge < -0.3 is 42.6 Å². The molecule has 2 saturated heterocycles. The Morgan fingerprint density at radius 3 is 1.83 bits per heavy atom. The van der Waals surface area contributed by atoms with E-state index in [9.17, 15) is 19.2 Å². The van der Waals surface area contributed by atoms with Crippen LogP contribution in [0.5, 0.6) is 0 Å². The molecule has 8 atom stereocenters. The van der Waals surface area contributed by atoms with Gasteiger partial charge in [-0.05, 0) is 25.0 Å². The van der Waals surface area contributed by atoms with Crippen molar-refractivity contribution in [2.45, 2.75) is 110 Å². The van der Waals surface area contributed by atoms with Crippen LogP contribution in [0.15, 0.2) is 60.7 Å². The van der Waals surface area contributed by atoms with E-state index >= 15 is 0 Å². The first-order chi connectivity index (χ1) is 22.3. The number of carbonyl (C=O) groups is 4. The van der Waals surface area contributed by atoms with Crippen molar-refractivity contribution in [2.75, 3.05) is 6.61 Å². The predicted octanol–water partition coefficient (Wildman–Crippen LogP) is 3.39. The van der Waals surface area contributed by atoms with Crippen LogP contribution >= 0.6 is 0 Å². The van der Waals surface area contributed by atoms with Crippen molar-refractivity contribution < 1.29 is 61.8 Å². The molecule has 2 heterocycles. The van der Waals surface area contributed by atoms with E-state index in [1.54, 1.807) is 13.8 Å². The number of hydrogen-bond acceptors (Lipinski definition) is 13. The van der Waals surface area contributed by atoms with Gasteiger partial charge in [-0.15, -0.1) is 0 Å². The molecule has 0 bridgehead atoms. The molecule has 0 amide bonds. The quantitative estimate of drug-likeness (QED) is 0.203. The summed E-state index contributed by atoms with van der Waals surface area (Å²) in [6.45, 7) is 7.89. The number of carbonyl (C=O) groups excluding carboxylic acids is 4. The van der Waals surface area contributed by atoms with Crippen molar-refractivity contribution in [2.24, 2.45) is 0 Å². The molecular weight excluding hydrogens is 616 g/mol. The Morgan fingerprint density at radius 2 is 1.28 bits per heavy atom. The van der Waals surface area contributed by atoms with E-state index in [2.05, 4.69) is 0 Å². The molecule has 47 heavy (non-hydrogen) atoms. The second-order valence-corrected chi connectivity index (χ2v) is 11.7. The second-order valence-electron chi connectivity index (χ2n) is 11.7. The van der Waals surface area contributed by atoms with E-state index in [4.69, 9.17) is 42.6 Å². The molecule has 2 aromatic carbocycles. The van der Waals surface area contributed by atoms with E-state index in [-0.39, 0.29) is 13.2 Å². The summed E-state index contributed by atoms with van der Waals surface area (Å²) < 4.78 is 53.6. The van der Waals surface area contributed by atoms with Gasteiger partial charge in [0.15, 0.2) is 30.4 Å².